The fourth-order valence-electron chi connectivity index (χ4n) is 3.27. The van der Waals surface area contributed by atoms with Gasteiger partial charge in [0.15, 0.2) is 0 Å². The first-order valence-corrected chi connectivity index (χ1v) is 9.59. The molecule has 1 amide bonds. The van der Waals surface area contributed by atoms with Gasteiger partial charge in [-0.15, -0.1) is 11.3 Å². The molecule has 0 bridgehead atoms. The zero-order valence-corrected chi connectivity index (χ0v) is 15.4. The van der Waals surface area contributed by atoms with E-state index in [1.54, 1.807) is 17.8 Å². The van der Waals surface area contributed by atoms with Crippen LogP contribution in [0.2, 0.25) is 0 Å². The molecule has 26 heavy (non-hydrogen) atoms. The van der Waals surface area contributed by atoms with Crippen LogP contribution in [0.15, 0.2) is 54.2 Å². The Kier molecular flexibility index (Phi) is 4.67. The molecule has 3 heterocycles. The maximum Gasteiger partial charge on any atom is 0.270 e. The molecular weight excluding hydrogens is 344 g/mol. The standard InChI is InChI=1S/C20H20N4OS/c1-14(24-11-8-15-4-2-3-5-18(15)24)12-22-19(25)17-13-26-20(23-17)16-6-9-21-10-7-16/h2-7,9-10,13-14H,8,11-12H2,1H3,(H,22,25). The van der Waals surface area contributed by atoms with E-state index in [4.69, 9.17) is 0 Å². The SMILES string of the molecule is CC(CNC(=O)c1csc(-c2ccncc2)n1)N1CCc2ccccc21. The predicted molar refractivity (Wildman–Crippen MR) is 105 cm³/mol. The van der Waals surface area contributed by atoms with E-state index >= 15 is 0 Å². The van der Waals surface area contributed by atoms with Crippen LogP contribution in [0.3, 0.4) is 0 Å². The Balaban J connectivity index is 1.38. The van der Waals surface area contributed by atoms with Gasteiger partial charge in [-0.2, -0.15) is 0 Å². The zero-order valence-electron chi connectivity index (χ0n) is 14.6. The summed E-state index contributed by atoms with van der Waals surface area (Å²) in [4.78, 5) is 23.3. The fraction of sp³-hybridized carbons (Fsp3) is 0.250. The minimum atomic E-state index is -0.124. The third kappa shape index (κ3) is 3.32. The maximum atomic E-state index is 12.5. The number of amides is 1. The van der Waals surface area contributed by atoms with E-state index in [0.29, 0.717) is 12.2 Å². The second-order valence-corrected chi connectivity index (χ2v) is 7.26. The first-order chi connectivity index (χ1) is 12.7. The second-order valence-electron chi connectivity index (χ2n) is 6.40. The Labute approximate surface area is 156 Å². The minimum absolute atomic E-state index is 0.124. The smallest absolute Gasteiger partial charge is 0.270 e. The van der Waals surface area contributed by atoms with Gasteiger partial charge in [-0.1, -0.05) is 18.2 Å². The summed E-state index contributed by atoms with van der Waals surface area (Å²) in [5.41, 5.74) is 4.11. The van der Waals surface area contributed by atoms with Gasteiger partial charge in [0.25, 0.3) is 5.91 Å². The Morgan fingerprint density at radius 3 is 2.92 bits per heavy atom. The van der Waals surface area contributed by atoms with Crippen molar-refractivity contribution in [1.29, 1.82) is 0 Å². The molecule has 0 saturated carbocycles. The van der Waals surface area contributed by atoms with Crippen molar-refractivity contribution in [3.05, 3.63) is 65.4 Å². The number of benzene rings is 1. The van der Waals surface area contributed by atoms with Gasteiger partial charge in [-0.3, -0.25) is 9.78 Å². The normalized spacial score (nSPS) is 14.1. The number of carbonyl (C=O) groups excluding carboxylic acids is 1. The summed E-state index contributed by atoms with van der Waals surface area (Å²) in [6, 6.07) is 12.5. The van der Waals surface area contributed by atoms with Crippen molar-refractivity contribution in [3.63, 3.8) is 0 Å². The number of rotatable bonds is 5. The number of fused-ring (bicyclic) bond motifs is 1. The molecule has 3 aromatic rings. The van der Waals surface area contributed by atoms with Crippen molar-refractivity contribution in [3.8, 4) is 10.6 Å². The number of carbonyl (C=O) groups is 1. The summed E-state index contributed by atoms with van der Waals surface area (Å²) in [6.45, 7) is 3.74. The number of hydrogen-bond donors (Lipinski definition) is 1. The monoisotopic (exact) mass is 364 g/mol. The fourth-order valence-corrected chi connectivity index (χ4v) is 4.07. The van der Waals surface area contributed by atoms with Gasteiger partial charge < -0.3 is 10.2 Å². The van der Waals surface area contributed by atoms with Crippen LogP contribution in [-0.2, 0) is 6.42 Å². The molecule has 132 valence electrons. The maximum absolute atomic E-state index is 12.5. The molecule has 0 spiro atoms. The molecule has 1 aromatic carbocycles. The van der Waals surface area contributed by atoms with Gasteiger partial charge >= 0.3 is 0 Å². The third-order valence-corrected chi connectivity index (χ3v) is 5.57. The number of para-hydroxylation sites is 1. The van der Waals surface area contributed by atoms with Gasteiger partial charge in [0.2, 0.25) is 0 Å². The Morgan fingerprint density at radius 1 is 1.27 bits per heavy atom. The van der Waals surface area contributed by atoms with Crippen LogP contribution < -0.4 is 10.2 Å². The number of nitrogens with zero attached hydrogens (tertiary/aromatic N) is 3. The lowest BCUT2D eigenvalue weighted by atomic mass is 10.2. The number of aromatic nitrogens is 2. The molecule has 1 N–H and O–H groups in total. The van der Waals surface area contributed by atoms with Crippen molar-refractivity contribution in [1.82, 2.24) is 15.3 Å². The molecular formula is C20H20N4OS. The highest BCUT2D eigenvalue weighted by Crippen LogP contribution is 2.29. The lowest BCUT2D eigenvalue weighted by molar-refractivity contribution is 0.0947. The van der Waals surface area contributed by atoms with E-state index in [0.717, 1.165) is 23.5 Å². The van der Waals surface area contributed by atoms with E-state index in [1.807, 2.05) is 12.1 Å². The van der Waals surface area contributed by atoms with E-state index in [1.165, 1.54) is 22.6 Å². The summed E-state index contributed by atoms with van der Waals surface area (Å²) >= 11 is 1.47. The molecule has 1 aliphatic rings. The van der Waals surface area contributed by atoms with Crippen molar-refractivity contribution in [2.24, 2.45) is 0 Å². The van der Waals surface area contributed by atoms with Gasteiger partial charge in [0.05, 0.1) is 0 Å². The van der Waals surface area contributed by atoms with Crippen LogP contribution in [0.5, 0.6) is 0 Å². The number of anilines is 1. The van der Waals surface area contributed by atoms with Crippen molar-refractivity contribution < 1.29 is 4.79 Å². The molecule has 1 atom stereocenters. The van der Waals surface area contributed by atoms with Crippen molar-refractivity contribution >= 4 is 22.9 Å². The van der Waals surface area contributed by atoms with Crippen LogP contribution in [0.4, 0.5) is 5.69 Å². The molecule has 2 aromatic heterocycles. The quantitative estimate of drug-likeness (QED) is 0.754. The Morgan fingerprint density at radius 2 is 2.08 bits per heavy atom. The van der Waals surface area contributed by atoms with Gasteiger partial charge in [-0.05, 0) is 37.1 Å². The second kappa shape index (κ2) is 7.25. The minimum Gasteiger partial charge on any atom is -0.366 e. The molecule has 0 saturated heterocycles. The molecule has 1 aliphatic heterocycles. The topological polar surface area (TPSA) is 58.1 Å². The molecule has 1 unspecified atom stereocenters. The van der Waals surface area contributed by atoms with Crippen LogP contribution in [0.25, 0.3) is 10.6 Å². The van der Waals surface area contributed by atoms with E-state index < -0.39 is 0 Å². The van der Waals surface area contributed by atoms with Gasteiger partial charge in [0, 0.05) is 48.2 Å². The molecule has 4 rings (SSSR count). The number of pyridine rings is 1. The average Bonchev–Trinajstić information content (AvgIpc) is 3.34. The predicted octanol–water partition coefficient (Wildman–Crippen LogP) is 3.39. The average molecular weight is 364 g/mol. The molecule has 0 radical (unpaired) electrons. The van der Waals surface area contributed by atoms with Crippen LogP contribution in [0.1, 0.15) is 23.0 Å². The van der Waals surface area contributed by atoms with E-state index in [-0.39, 0.29) is 11.9 Å². The Hall–Kier alpha value is -2.73. The summed E-state index contributed by atoms with van der Waals surface area (Å²) < 4.78 is 0. The Bertz CT molecular complexity index is 909. The first kappa shape index (κ1) is 16.7. The number of thiazole rings is 1. The lowest BCUT2D eigenvalue weighted by Gasteiger charge is -2.27. The highest BCUT2D eigenvalue weighted by atomic mass is 32.1. The summed E-state index contributed by atoms with van der Waals surface area (Å²) in [5, 5.41) is 5.66. The van der Waals surface area contributed by atoms with Crippen molar-refractivity contribution in [2.75, 3.05) is 18.0 Å². The molecule has 5 nitrogen and oxygen atoms in total. The highest BCUT2D eigenvalue weighted by Gasteiger charge is 2.23. The highest BCUT2D eigenvalue weighted by molar-refractivity contribution is 7.13. The third-order valence-electron chi connectivity index (χ3n) is 4.68. The molecule has 0 fully saturated rings. The number of nitrogens with one attached hydrogen (secondary N) is 1. The zero-order chi connectivity index (χ0) is 17.9. The first-order valence-electron chi connectivity index (χ1n) is 8.71. The summed E-state index contributed by atoms with van der Waals surface area (Å²) in [5.74, 6) is -0.124. The van der Waals surface area contributed by atoms with E-state index in [9.17, 15) is 4.79 Å². The van der Waals surface area contributed by atoms with Crippen LogP contribution >= 0.6 is 11.3 Å². The summed E-state index contributed by atoms with van der Waals surface area (Å²) in [6.07, 6.45) is 4.52. The largest absolute Gasteiger partial charge is 0.366 e. The lowest BCUT2D eigenvalue weighted by Crippen LogP contribution is -2.41. The van der Waals surface area contributed by atoms with Crippen LogP contribution in [-0.4, -0.2) is 35.0 Å². The van der Waals surface area contributed by atoms with E-state index in [2.05, 4.69) is 51.4 Å². The molecule has 0 aliphatic carbocycles. The van der Waals surface area contributed by atoms with Crippen molar-refractivity contribution in [2.45, 2.75) is 19.4 Å². The van der Waals surface area contributed by atoms with Gasteiger partial charge in [-0.25, -0.2) is 4.98 Å². The molecule has 6 heteroatoms. The van der Waals surface area contributed by atoms with Crippen LogP contribution in [0, 0.1) is 0 Å². The summed E-state index contributed by atoms with van der Waals surface area (Å²) in [7, 11) is 0. The number of hydrogen-bond acceptors (Lipinski definition) is 5. The van der Waals surface area contributed by atoms with Gasteiger partial charge in [0.1, 0.15) is 10.7 Å².